The van der Waals surface area contributed by atoms with Crippen LogP contribution >= 0.6 is 11.7 Å². The Morgan fingerprint density at radius 3 is 2.61 bits per heavy atom. The summed E-state index contributed by atoms with van der Waals surface area (Å²) >= 11 is 1.000. The predicted octanol–water partition coefficient (Wildman–Crippen LogP) is 3.12. The van der Waals surface area contributed by atoms with Gasteiger partial charge in [0, 0.05) is 49.9 Å². The summed E-state index contributed by atoms with van der Waals surface area (Å²) in [6.45, 7) is 3.91. The van der Waals surface area contributed by atoms with E-state index in [1.807, 2.05) is 17.0 Å². The minimum atomic E-state index is -3.71. The van der Waals surface area contributed by atoms with Crippen LogP contribution in [-0.4, -0.2) is 73.6 Å². The van der Waals surface area contributed by atoms with Crippen LogP contribution in [-0.2, 0) is 20.2 Å². The summed E-state index contributed by atoms with van der Waals surface area (Å²) in [5.74, 6) is 0.994. The molecular formula is C25H27N7O4S2. The number of rotatable bonds is 5. The fraction of sp³-hybridized carbons (Fsp3) is 0.440. The molecule has 0 radical (unpaired) electrons. The van der Waals surface area contributed by atoms with Crippen molar-refractivity contribution in [2.75, 3.05) is 26.2 Å². The van der Waals surface area contributed by atoms with E-state index >= 15 is 0 Å². The van der Waals surface area contributed by atoms with Crippen molar-refractivity contribution in [1.29, 1.82) is 0 Å². The van der Waals surface area contributed by atoms with Gasteiger partial charge in [0.05, 0.1) is 17.3 Å². The van der Waals surface area contributed by atoms with Crippen LogP contribution in [0.3, 0.4) is 0 Å². The topological polar surface area (TPSA) is 135 Å². The highest BCUT2D eigenvalue weighted by Crippen LogP contribution is 2.36. The lowest BCUT2D eigenvalue weighted by atomic mass is 9.79. The molecule has 0 unspecified atom stereocenters. The maximum atomic E-state index is 13.3. The maximum absolute atomic E-state index is 13.3. The van der Waals surface area contributed by atoms with Crippen LogP contribution in [0.2, 0.25) is 0 Å². The second-order valence-electron chi connectivity index (χ2n) is 10.1. The smallest absolute Gasteiger partial charge is 0.259 e. The van der Waals surface area contributed by atoms with Gasteiger partial charge < -0.3 is 9.42 Å². The van der Waals surface area contributed by atoms with E-state index in [-0.39, 0.29) is 22.1 Å². The number of carbonyl (C=O) groups is 1. The molecule has 0 atom stereocenters. The molecule has 2 aliphatic rings. The molecule has 0 spiro atoms. The van der Waals surface area contributed by atoms with Crippen LogP contribution in [0.1, 0.15) is 38.4 Å². The Balaban J connectivity index is 1.07. The van der Waals surface area contributed by atoms with Gasteiger partial charge in [0.1, 0.15) is 15.9 Å². The summed E-state index contributed by atoms with van der Waals surface area (Å²) in [6.07, 6.45) is 5.83. The van der Waals surface area contributed by atoms with Gasteiger partial charge in [-0.3, -0.25) is 9.78 Å². The second kappa shape index (κ2) is 9.79. The molecule has 5 heterocycles. The number of likely N-dealkylation sites (tertiary alicyclic amines) is 1. The van der Waals surface area contributed by atoms with E-state index in [0.29, 0.717) is 61.8 Å². The third kappa shape index (κ3) is 4.48. The first kappa shape index (κ1) is 25.0. The lowest BCUT2D eigenvalue weighted by Gasteiger charge is -2.40. The summed E-state index contributed by atoms with van der Waals surface area (Å²) in [5.41, 5.74) is 1.47. The first-order valence-corrected chi connectivity index (χ1v) is 14.8. The number of piperidine rings is 2. The van der Waals surface area contributed by atoms with Gasteiger partial charge in [-0.25, -0.2) is 8.42 Å². The van der Waals surface area contributed by atoms with Crippen molar-refractivity contribution in [3.8, 4) is 11.5 Å². The molecule has 2 saturated heterocycles. The van der Waals surface area contributed by atoms with Crippen molar-refractivity contribution >= 4 is 38.7 Å². The summed E-state index contributed by atoms with van der Waals surface area (Å²) < 4.78 is 41.9. The lowest BCUT2D eigenvalue weighted by Crippen LogP contribution is -2.49. The summed E-state index contributed by atoms with van der Waals surface area (Å²) in [4.78, 5) is 24.1. The quantitative estimate of drug-likeness (QED) is 0.365. The number of hydrogen-bond donors (Lipinski definition) is 0. The predicted molar refractivity (Wildman–Crippen MR) is 140 cm³/mol. The van der Waals surface area contributed by atoms with Gasteiger partial charge >= 0.3 is 0 Å². The zero-order valence-corrected chi connectivity index (χ0v) is 22.5. The normalized spacial score (nSPS) is 19.1. The summed E-state index contributed by atoms with van der Waals surface area (Å²) in [5, 5.41) is 4.23. The van der Waals surface area contributed by atoms with Gasteiger partial charge in [-0.2, -0.15) is 18.0 Å². The molecular weight excluding hydrogens is 526 g/mol. The van der Waals surface area contributed by atoms with E-state index in [0.717, 1.165) is 30.1 Å². The SMILES string of the molecule is CC1(c2noc(-c3cccnc3)n2)CCN(C(=O)C2CCN(S(=O)(=O)c3cccc4nsnc34)CC2)CC1. The van der Waals surface area contributed by atoms with Crippen LogP contribution in [0.5, 0.6) is 0 Å². The van der Waals surface area contributed by atoms with Crippen LogP contribution < -0.4 is 0 Å². The van der Waals surface area contributed by atoms with Crippen molar-refractivity contribution in [3.63, 3.8) is 0 Å². The van der Waals surface area contributed by atoms with Crippen LogP contribution in [0.4, 0.5) is 0 Å². The Morgan fingerprint density at radius 1 is 1.08 bits per heavy atom. The second-order valence-corrected chi connectivity index (χ2v) is 12.6. The van der Waals surface area contributed by atoms with Crippen molar-refractivity contribution in [2.45, 2.75) is 42.9 Å². The molecule has 1 aromatic carbocycles. The molecule has 0 aliphatic carbocycles. The van der Waals surface area contributed by atoms with Crippen molar-refractivity contribution in [1.82, 2.24) is 33.1 Å². The Hall–Kier alpha value is -3.29. The molecule has 11 nitrogen and oxygen atoms in total. The monoisotopic (exact) mass is 553 g/mol. The average molecular weight is 554 g/mol. The van der Waals surface area contributed by atoms with E-state index in [1.165, 1.54) is 4.31 Å². The molecule has 3 aromatic heterocycles. The first-order valence-electron chi connectivity index (χ1n) is 12.6. The maximum Gasteiger partial charge on any atom is 0.259 e. The van der Waals surface area contributed by atoms with Crippen molar-refractivity contribution < 1.29 is 17.7 Å². The Bertz CT molecular complexity index is 1550. The number of carbonyl (C=O) groups excluding carboxylic acids is 1. The highest BCUT2D eigenvalue weighted by Gasteiger charge is 2.40. The van der Waals surface area contributed by atoms with E-state index in [2.05, 4.69) is 30.8 Å². The van der Waals surface area contributed by atoms with E-state index in [1.54, 1.807) is 30.6 Å². The number of aromatic nitrogens is 5. The van der Waals surface area contributed by atoms with E-state index in [4.69, 9.17) is 4.52 Å². The zero-order valence-electron chi connectivity index (χ0n) is 20.9. The molecule has 1 amide bonds. The van der Waals surface area contributed by atoms with Gasteiger partial charge in [-0.1, -0.05) is 18.1 Å². The number of amides is 1. The molecule has 0 bridgehead atoms. The molecule has 0 saturated carbocycles. The van der Waals surface area contributed by atoms with Gasteiger partial charge in [-0.15, -0.1) is 0 Å². The van der Waals surface area contributed by atoms with E-state index < -0.39 is 10.0 Å². The summed E-state index contributed by atoms with van der Waals surface area (Å²) in [7, 11) is -3.71. The molecule has 198 valence electrons. The number of sulfonamides is 1. The molecule has 13 heteroatoms. The molecule has 0 N–H and O–H groups in total. The minimum Gasteiger partial charge on any atom is -0.342 e. The van der Waals surface area contributed by atoms with Crippen LogP contribution in [0.15, 0.2) is 52.1 Å². The minimum absolute atomic E-state index is 0.0964. The standard InChI is InChI=1S/C25H27N7O4S2/c1-25(24-27-22(36-28-24)18-4-3-11-26-16-18)9-14-31(15-10-25)23(33)17-7-12-32(13-8-17)38(34,35)20-6-2-5-19-21(20)30-37-29-19/h2-6,11,16-17H,7-10,12-15H2,1H3. The molecule has 6 rings (SSSR count). The van der Waals surface area contributed by atoms with E-state index in [9.17, 15) is 13.2 Å². The molecule has 2 aliphatic heterocycles. The van der Waals surface area contributed by atoms with Gasteiger partial charge in [0.15, 0.2) is 5.82 Å². The van der Waals surface area contributed by atoms with Crippen LogP contribution in [0, 0.1) is 5.92 Å². The molecule has 4 aromatic rings. The summed E-state index contributed by atoms with van der Waals surface area (Å²) in [6, 6.07) is 8.71. The van der Waals surface area contributed by atoms with Crippen LogP contribution in [0.25, 0.3) is 22.5 Å². The van der Waals surface area contributed by atoms with Gasteiger partial charge in [0.2, 0.25) is 15.9 Å². The third-order valence-electron chi connectivity index (χ3n) is 7.72. The number of hydrogen-bond acceptors (Lipinski definition) is 10. The zero-order chi connectivity index (χ0) is 26.3. The number of pyridine rings is 1. The highest BCUT2D eigenvalue weighted by molar-refractivity contribution is 7.89. The largest absolute Gasteiger partial charge is 0.342 e. The lowest BCUT2D eigenvalue weighted by molar-refractivity contribution is -0.138. The number of nitrogens with zero attached hydrogens (tertiary/aromatic N) is 7. The Labute approximate surface area is 224 Å². The number of fused-ring (bicyclic) bond motifs is 1. The van der Waals surface area contributed by atoms with Gasteiger partial charge in [-0.05, 0) is 49.9 Å². The Morgan fingerprint density at radius 2 is 1.87 bits per heavy atom. The number of benzene rings is 1. The van der Waals surface area contributed by atoms with Crippen molar-refractivity contribution in [3.05, 3.63) is 48.5 Å². The Kier molecular flexibility index (Phi) is 6.44. The van der Waals surface area contributed by atoms with Gasteiger partial charge in [0.25, 0.3) is 5.89 Å². The van der Waals surface area contributed by atoms with Crippen molar-refractivity contribution in [2.24, 2.45) is 5.92 Å². The first-order chi connectivity index (χ1) is 18.3. The fourth-order valence-electron chi connectivity index (χ4n) is 5.25. The molecule has 2 fully saturated rings. The average Bonchev–Trinajstić information content (AvgIpc) is 3.64. The highest BCUT2D eigenvalue weighted by atomic mass is 32.2. The molecule has 38 heavy (non-hydrogen) atoms. The third-order valence-corrected chi connectivity index (χ3v) is 10.2. The fourth-order valence-corrected chi connectivity index (χ4v) is 7.47.